The summed E-state index contributed by atoms with van der Waals surface area (Å²) >= 11 is 1.14. The molecule has 2 aromatic rings. The van der Waals surface area contributed by atoms with E-state index in [0.29, 0.717) is 10.4 Å². The fraction of sp³-hybridized carbons (Fsp3) is 0. The lowest BCUT2D eigenvalue weighted by Gasteiger charge is -1.75. The van der Waals surface area contributed by atoms with Crippen LogP contribution in [-0.2, 0) is 0 Å². The summed E-state index contributed by atoms with van der Waals surface area (Å²) < 4.78 is 4.91. The maximum absolute atomic E-state index is 8.91. The third-order valence-corrected chi connectivity index (χ3v) is 1.91. The molecule has 0 unspecified atom stereocenters. The van der Waals surface area contributed by atoms with Crippen LogP contribution in [0.15, 0.2) is 10.5 Å². The second-order valence-electron chi connectivity index (χ2n) is 1.81. The first-order valence-electron chi connectivity index (χ1n) is 2.60. The van der Waals surface area contributed by atoms with Gasteiger partial charge in [-0.05, 0) is 0 Å². The Labute approximate surface area is 59.9 Å². The third-order valence-electron chi connectivity index (χ3n) is 1.09. The van der Waals surface area contributed by atoms with Crippen LogP contribution >= 0.6 is 11.3 Å². The number of nitrogen functional groups attached to an aromatic ring is 1. The number of hydrogen-bond donors (Lipinski definition) is 2. The van der Waals surface area contributed by atoms with E-state index in [1.165, 1.54) is 6.07 Å². The van der Waals surface area contributed by atoms with E-state index in [1.54, 1.807) is 0 Å². The van der Waals surface area contributed by atoms with E-state index in [2.05, 4.69) is 4.98 Å². The zero-order valence-electron chi connectivity index (χ0n) is 4.87. The summed E-state index contributed by atoms with van der Waals surface area (Å²) in [4.78, 5) is 4.44. The predicted molar refractivity (Wildman–Crippen MR) is 38.0 cm³/mol. The Balaban J connectivity index is 2.83. The van der Waals surface area contributed by atoms with Gasteiger partial charge < -0.3 is 15.3 Å². The molecule has 0 aliphatic rings. The summed E-state index contributed by atoms with van der Waals surface area (Å²) in [6.45, 7) is 0. The molecule has 0 atom stereocenters. The molecule has 10 heavy (non-hydrogen) atoms. The minimum atomic E-state index is 0.140. The van der Waals surface area contributed by atoms with Crippen molar-refractivity contribution in [3.8, 4) is 5.06 Å². The van der Waals surface area contributed by atoms with Crippen molar-refractivity contribution in [2.24, 2.45) is 0 Å². The standard InChI is InChI=1S/C5H4N2O2S/c6-5-7-4-2(9-5)1-3(8)10-4/h1,8H,(H2,6,7). The van der Waals surface area contributed by atoms with Gasteiger partial charge in [-0.15, -0.1) is 0 Å². The van der Waals surface area contributed by atoms with Gasteiger partial charge >= 0.3 is 0 Å². The lowest BCUT2D eigenvalue weighted by Crippen LogP contribution is -1.80. The number of fused-ring (bicyclic) bond motifs is 1. The molecule has 0 radical (unpaired) electrons. The Hall–Kier alpha value is -1.23. The molecule has 0 aliphatic heterocycles. The first kappa shape index (κ1) is 5.55. The number of hydrogen-bond acceptors (Lipinski definition) is 5. The van der Waals surface area contributed by atoms with E-state index in [1.807, 2.05) is 0 Å². The van der Waals surface area contributed by atoms with Gasteiger partial charge in [-0.25, -0.2) is 0 Å². The lowest BCUT2D eigenvalue weighted by atomic mass is 10.6. The second kappa shape index (κ2) is 1.63. The highest BCUT2D eigenvalue weighted by Crippen LogP contribution is 2.30. The van der Waals surface area contributed by atoms with Gasteiger partial charge in [0, 0.05) is 6.07 Å². The summed E-state index contributed by atoms with van der Waals surface area (Å²) in [5.41, 5.74) is 5.77. The molecule has 2 heterocycles. The molecule has 3 N–H and O–H groups in total. The fourth-order valence-electron chi connectivity index (χ4n) is 0.739. The summed E-state index contributed by atoms with van der Waals surface area (Å²) in [6, 6.07) is 1.63. The van der Waals surface area contributed by atoms with E-state index in [-0.39, 0.29) is 11.1 Å². The zero-order valence-corrected chi connectivity index (χ0v) is 5.68. The van der Waals surface area contributed by atoms with Gasteiger partial charge in [0.15, 0.2) is 15.5 Å². The molecule has 0 saturated carbocycles. The van der Waals surface area contributed by atoms with E-state index >= 15 is 0 Å². The number of nitrogens with two attached hydrogens (primary N) is 1. The van der Waals surface area contributed by atoms with Crippen LogP contribution in [0.4, 0.5) is 6.01 Å². The number of oxazole rings is 1. The van der Waals surface area contributed by atoms with Crippen molar-refractivity contribution >= 4 is 27.8 Å². The first-order valence-corrected chi connectivity index (χ1v) is 3.42. The number of thiophene rings is 1. The average molecular weight is 156 g/mol. The molecule has 0 aromatic carbocycles. The minimum absolute atomic E-state index is 0.140. The van der Waals surface area contributed by atoms with Gasteiger partial charge in [0.2, 0.25) is 0 Å². The van der Waals surface area contributed by atoms with Crippen LogP contribution in [0.25, 0.3) is 10.4 Å². The fourth-order valence-corrected chi connectivity index (χ4v) is 1.44. The molecule has 2 aromatic heterocycles. The molecule has 0 saturated heterocycles. The molecule has 52 valence electrons. The van der Waals surface area contributed by atoms with Crippen molar-refractivity contribution in [3.63, 3.8) is 0 Å². The second-order valence-corrected chi connectivity index (χ2v) is 2.82. The Bertz CT molecular complexity index is 301. The molecule has 0 amide bonds. The zero-order chi connectivity index (χ0) is 7.14. The maximum atomic E-state index is 8.91. The van der Waals surface area contributed by atoms with Gasteiger partial charge in [0.25, 0.3) is 6.01 Å². The molecule has 0 fully saturated rings. The van der Waals surface area contributed by atoms with Crippen LogP contribution in [0.2, 0.25) is 0 Å². The molecule has 2 rings (SSSR count). The Morgan fingerprint density at radius 2 is 2.50 bits per heavy atom. The van der Waals surface area contributed by atoms with Crippen molar-refractivity contribution in [1.29, 1.82) is 0 Å². The first-order chi connectivity index (χ1) is 4.75. The van der Waals surface area contributed by atoms with Gasteiger partial charge in [-0.1, -0.05) is 11.3 Å². The lowest BCUT2D eigenvalue weighted by molar-refractivity contribution is 0.490. The van der Waals surface area contributed by atoms with Crippen molar-refractivity contribution in [2.45, 2.75) is 0 Å². The number of aromatic hydroxyl groups is 1. The van der Waals surface area contributed by atoms with Gasteiger partial charge in [0.05, 0.1) is 0 Å². The minimum Gasteiger partial charge on any atom is -0.499 e. The van der Waals surface area contributed by atoms with Crippen LogP contribution in [0.5, 0.6) is 5.06 Å². The predicted octanol–water partition coefficient (Wildman–Crippen LogP) is 1.18. The Kier molecular flexibility index (Phi) is 0.906. The number of anilines is 1. The van der Waals surface area contributed by atoms with E-state index in [9.17, 15) is 0 Å². The number of nitrogens with zero attached hydrogens (tertiary/aromatic N) is 1. The topological polar surface area (TPSA) is 72.3 Å². The third kappa shape index (κ3) is 0.640. The normalized spacial score (nSPS) is 10.8. The van der Waals surface area contributed by atoms with Gasteiger partial charge in [0.1, 0.15) is 0 Å². The quantitative estimate of drug-likeness (QED) is 0.600. The van der Waals surface area contributed by atoms with Gasteiger partial charge in [-0.2, -0.15) is 4.98 Å². The number of rotatable bonds is 0. The van der Waals surface area contributed by atoms with Crippen molar-refractivity contribution in [1.82, 2.24) is 4.98 Å². The molecular weight excluding hydrogens is 152 g/mol. The Morgan fingerprint density at radius 1 is 1.70 bits per heavy atom. The maximum Gasteiger partial charge on any atom is 0.293 e. The summed E-state index contributed by atoms with van der Waals surface area (Å²) in [6.07, 6.45) is 0. The summed E-state index contributed by atoms with van der Waals surface area (Å²) in [5, 5.41) is 9.11. The monoisotopic (exact) mass is 156 g/mol. The van der Waals surface area contributed by atoms with Crippen molar-refractivity contribution in [3.05, 3.63) is 6.07 Å². The van der Waals surface area contributed by atoms with Crippen LogP contribution in [-0.4, -0.2) is 10.1 Å². The molecule has 0 bridgehead atoms. The average Bonchev–Trinajstić information content (AvgIpc) is 2.21. The SMILES string of the molecule is Nc1nc2sc(O)cc2o1. The largest absolute Gasteiger partial charge is 0.499 e. The molecule has 5 heteroatoms. The van der Waals surface area contributed by atoms with Crippen LogP contribution in [0, 0.1) is 0 Å². The van der Waals surface area contributed by atoms with Crippen LogP contribution in [0.1, 0.15) is 0 Å². The molecule has 0 spiro atoms. The molecule has 4 nitrogen and oxygen atoms in total. The van der Waals surface area contributed by atoms with Crippen molar-refractivity contribution in [2.75, 3.05) is 5.73 Å². The van der Waals surface area contributed by atoms with Crippen LogP contribution in [0.3, 0.4) is 0 Å². The van der Waals surface area contributed by atoms with Crippen molar-refractivity contribution < 1.29 is 9.52 Å². The van der Waals surface area contributed by atoms with E-state index < -0.39 is 0 Å². The van der Waals surface area contributed by atoms with E-state index in [0.717, 1.165) is 11.3 Å². The highest BCUT2D eigenvalue weighted by Gasteiger charge is 2.06. The Morgan fingerprint density at radius 3 is 3.20 bits per heavy atom. The van der Waals surface area contributed by atoms with E-state index in [4.69, 9.17) is 15.3 Å². The highest BCUT2D eigenvalue weighted by molar-refractivity contribution is 7.20. The van der Waals surface area contributed by atoms with Crippen LogP contribution < -0.4 is 5.73 Å². The molecule has 0 aliphatic carbocycles. The van der Waals surface area contributed by atoms with Gasteiger partial charge in [-0.3, -0.25) is 0 Å². The smallest absolute Gasteiger partial charge is 0.293 e. The summed E-state index contributed by atoms with van der Waals surface area (Å²) in [5.74, 6) is 0. The highest BCUT2D eigenvalue weighted by atomic mass is 32.1. The summed E-state index contributed by atoms with van der Waals surface area (Å²) in [7, 11) is 0. The molecular formula is C5H4N2O2S. The number of aromatic nitrogens is 1.